The van der Waals surface area contributed by atoms with Crippen molar-refractivity contribution in [2.75, 3.05) is 11.9 Å². The van der Waals surface area contributed by atoms with Gasteiger partial charge in [-0.2, -0.15) is 0 Å². The number of ether oxygens (including phenoxy) is 1. The molecule has 1 amide bonds. The first-order valence-electron chi connectivity index (χ1n) is 9.94. The highest BCUT2D eigenvalue weighted by Gasteiger charge is 2.51. The summed E-state index contributed by atoms with van der Waals surface area (Å²) in [5.74, 6) is -2.59. The molecule has 7 heteroatoms. The number of aliphatic carboxylic acids is 1. The summed E-state index contributed by atoms with van der Waals surface area (Å²) in [6, 6.07) is 0. The number of aryl methyl sites for hydroxylation is 1. The van der Waals surface area contributed by atoms with Gasteiger partial charge < -0.3 is 15.2 Å². The molecule has 0 aromatic carbocycles. The van der Waals surface area contributed by atoms with Crippen LogP contribution in [-0.2, 0) is 27.2 Å². The second-order valence-electron chi connectivity index (χ2n) is 8.10. The Morgan fingerprint density at radius 2 is 1.96 bits per heavy atom. The molecule has 6 nitrogen and oxygen atoms in total. The van der Waals surface area contributed by atoms with Crippen molar-refractivity contribution < 1.29 is 24.2 Å². The van der Waals surface area contributed by atoms with Gasteiger partial charge in [-0.3, -0.25) is 9.59 Å². The third kappa shape index (κ3) is 3.15. The molecule has 1 aromatic rings. The lowest BCUT2D eigenvalue weighted by Gasteiger charge is -2.23. The Morgan fingerprint density at radius 1 is 1.25 bits per heavy atom. The van der Waals surface area contributed by atoms with Gasteiger partial charge in [0.2, 0.25) is 5.91 Å². The SMILES string of the molecule is CCOC(=O)c1c(NC(=O)[C@H]2[C@@H](C(=O)O)[C@@H]3C=C[C@@H]2C3)sc2c1C[C@@H](C)CC2. The number of hydrogen-bond donors (Lipinski definition) is 2. The minimum absolute atomic E-state index is 0.0493. The van der Waals surface area contributed by atoms with Crippen molar-refractivity contribution >= 4 is 34.2 Å². The van der Waals surface area contributed by atoms with E-state index in [9.17, 15) is 19.5 Å². The summed E-state index contributed by atoms with van der Waals surface area (Å²) in [7, 11) is 0. The molecule has 5 atom stereocenters. The number of thiophene rings is 1. The van der Waals surface area contributed by atoms with E-state index >= 15 is 0 Å². The van der Waals surface area contributed by atoms with Gasteiger partial charge in [-0.15, -0.1) is 11.3 Å². The van der Waals surface area contributed by atoms with Gasteiger partial charge in [0.05, 0.1) is 24.0 Å². The Morgan fingerprint density at radius 3 is 2.64 bits per heavy atom. The zero-order chi connectivity index (χ0) is 20.0. The van der Waals surface area contributed by atoms with Crippen molar-refractivity contribution in [3.05, 3.63) is 28.2 Å². The first-order valence-corrected chi connectivity index (χ1v) is 10.8. The summed E-state index contributed by atoms with van der Waals surface area (Å²) in [5, 5.41) is 13.0. The maximum absolute atomic E-state index is 13.1. The summed E-state index contributed by atoms with van der Waals surface area (Å²) in [6.45, 7) is 4.19. The van der Waals surface area contributed by atoms with Crippen molar-refractivity contribution in [2.45, 2.75) is 39.5 Å². The van der Waals surface area contributed by atoms with Crippen LogP contribution in [0.5, 0.6) is 0 Å². The molecule has 2 N–H and O–H groups in total. The zero-order valence-electron chi connectivity index (χ0n) is 16.1. The van der Waals surface area contributed by atoms with Gasteiger partial charge in [0.25, 0.3) is 0 Å². The molecule has 0 radical (unpaired) electrons. The second kappa shape index (κ2) is 7.35. The van der Waals surface area contributed by atoms with E-state index in [1.165, 1.54) is 11.3 Å². The van der Waals surface area contributed by atoms with E-state index in [1.54, 1.807) is 6.92 Å². The van der Waals surface area contributed by atoms with Crippen molar-refractivity contribution in [1.29, 1.82) is 0 Å². The molecule has 3 aliphatic carbocycles. The van der Waals surface area contributed by atoms with E-state index in [4.69, 9.17) is 4.74 Å². The van der Waals surface area contributed by atoms with Crippen LogP contribution in [0.15, 0.2) is 12.2 Å². The topological polar surface area (TPSA) is 92.7 Å². The number of amides is 1. The van der Waals surface area contributed by atoms with Crippen LogP contribution >= 0.6 is 11.3 Å². The van der Waals surface area contributed by atoms with Gasteiger partial charge in [0.15, 0.2) is 0 Å². The molecule has 2 bridgehead atoms. The molecule has 4 rings (SSSR count). The largest absolute Gasteiger partial charge is 0.481 e. The predicted molar refractivity (Wildman–Crippen MR) is 105 cm³/mol. The van der Waals surface area contributed by atoms with E-state index in [0.717, 1.165) is 29.7 Å². The average molecular weight is 404 g/mol. The summed E-state index contributed by atoms with van der Waals surface area (Å²) in [5.41, 5.74) is 1.45. The first-order chi connectivity index (χ1) is 13.4. The van der Waals surface area contributed by atoms with Crippen molar-refractivity contribution in [2.24, 2.45) is 29.6 Å². The fourth-order valence-electron chi connectivity index (χ4n) is 4.98. The lowest BCUT2D eigenvalue weighted by molar-refractivity contribution is -0.146. The molecule has 0 unspecified atom stereocenters. The molecule has 1 aromatic heterocycles. The van der Waals surface area contributed by atoms with Crippen LogP contribution in [0.2, 0.25) is 0 Å². The monoisotopic (exact) mass is 403 g/mol. The summed E-state index contributed by atoms with van der Waals surface area (Å²) < 4.78 is 5.26. The van der Waals surface area contributed by atoms with Crippen LogP contribution in [0.3, 0.4) is 0 Å². The second-order valence-corrected chi connectivity index (χ2v) is 9.21. The number of anilines is 1. The van der Waals surface area contributed by atoms with E-state index in [0.29, 0.717) is 22.9 Å². The van der Waals surface area contributed by atoms with Crippen LogP contribution < -0.4 is 5.32 Å². The van der Waals surface area contributed by atoms with Gasteiger partial charge in [-0.1, -0.05) is 19.1 Å². The molecule has 3 aliphatic rings. The number of rotatable bonds is 5. The molecule has 1 saturated carbocycles. The molecule has 28 heavy (non-hydrogen) atoms. The molecule has 150 valence electrons. The Labute approximate surface area is 168 Å². The highest BCUT2D eigenvalue weighted by Crippen LogP contribution is 2.49. The average Bonchev–Trinajstić information content (AvgIpc) is 3.33. The minimum Gasteiger partial charge on any atom is -0.481 e. The van der Waals surface area contributed by atoms with Crippen LogP contribution in [0.25, 0.3) is 0 Å². The van der Waals surface area contributed by atoms with E-state index in [-0.39, 0.29) is 24.3 Å². The zero-order valence-corrected chi connectivity index (χ0v) is 16.9. The number of carbonyl (C=O) groups excluding carboxylic acids is 2. The maximum Gasteiger partial charge on any atom is 0.341 e. The fourth-order valence-corrected chi connectivity index (χ4v) is 6.21. The fraction of sp³-hybridized carbons (Fsp3) is 0.571. The third-order valence-electron chi connectivity index (χ3n) is 6.27. The third-order valence-corrected chi connectivity index (χ3v) is 7.48. The van der Waals surface area contributed by atoms with Gasteiger partial charge in [-0.25, -0.2) is 4.79 Å². The van der Waals surface area contributed by atoms with Crippen LogP contribution in [0, 0.1) is 29.6 Å². The lowest BCUT2D eigenvalue weighted by Crippen LogP contribution is -2.36. The van der Waals surface area contributed by atoms with E-state index in [1.807, 2.05) is 12.2 Å². The molecule has 0 saturated heterocycles. The summed E-state index contributed by atoms with van der Waals surface area (Å²) in [6.07, 6.45) is 7.33. The Hall–Kier alpha value is -2.15. The molecular formula is C21H25NO5S. The number of allylic oxidation sites excluding steroid dienone is 2. The van der Waals surface area contributed by atoms with Crippen molar-refractivity contribution in [1.82, 2.24) is 0 Å². The number of hydrogen-bond acceptors (Lipinski definition) is 5. The Balaban J connectivity index is 1.64. The highest BCUT2D eigenvalue weighted by molar-refractivity contribution is 7.17. The van der Waals surface area contributed by atoms with Gasteiger partial charge in [0.1, 0.15) is 5.00 Å². The Kier molecular flexibility index (Phi) is 5.04. The molecule has 1 fully saturated rings. The number of carboxylic acids is 1. The summed E-state index contributed by atoms with van der Waals surface area (Å²) in [4.78, 5) is 38.6. The number of carboxylic acid groups (broad SMARTS) is 1. The van der Waals surface area contributed by atoms with Gasteiger partial charge in [-0.05, 0) is 55.9 Å². The number of nitrogens with one attached hydrogen (secondary N) is 1. The first kappa shape index (κ1) is 19.2. The van der Waals surface area contributed by atoms with Gasteiger partial charge in [0, 0.05) is 4.88 Å². The minimum atomic E-state index is -0.929. The quantitative estimate of drug-likeness (QED) is 0.580. The van der Waals surface area contributed by atoms with E-state index in [2.05, 4.69) is 12.2 Å². The van der Waals surface area contributed by atoms with Crippen molar-refractivity contribution in [3.8, 4) is 0 Å². The normalized spacial score (nSPS) is 30.1. The number of esters is 1. The Bertz CT molecular complexity index is 857. The van der Waals surface area contributed by atoms with Crippen molar-refractivity contribution in [3.63, 3.8) is 0 Å². The number of carbonyl (C=O) groups is 3. The van der Waals surface area contributed by atoms with Crippen LogP contribution in [-0.4, -0.2) is 29.6 Å². The molecule has 0 aliphatic heterocycles. The van der Waals surface area contributed by atoms with Crippen LogP contribution in [0.4, 0.5) is 5.00 Å². The smallest absolute Gasteiger partial charge is 0.341 e. The highest BCUT2D eigenvalue weighted by atomic mass is 32.1. The van der Waals surface area contributed by atoms with Crippen LogP contribution in [0.1, 0.15) is 47.5 Å². The summed E-state index contributed by atoms with van der Waals surface area (Å²) >= 11 is 1.44. The molecule has 1 heterocycles. The van der Waals surface area contributed by atoms with E-state index < -0.39 is 23.8 Å². The van der Waals surface area contributed by atoms with Gasteiger partial charge >= 0.3 is 11.9 Å². The standard InChI is InChI=1S/C21H25NO5S/c1-3-27-21(26)17-13-8-10(2)4-7-14(13)28-19(17)22-18(23)15-11-5-6-12(9-11)16(15)20(24)25/h5-6,10-12,15-16H,3-4,7-9H2,1-2H3,(H,22,23)(H,24,25)/t10-,11+,12+,15+,16-/m0/s1. The molecular weight excluding hydrogens is 378 g/mol. The predicted octanol–water partition coefficient (Wildman–Crippen LogP) is 3.51. The number of fused-ring (bicyclic) bond motifs is 3. The molecule has 0 spiro atoms. The maximum atomic E-state index is 13.1. The lowest BCUT2D eigenvalue weighted by atomic mass is 9.82.